The fourth-order valence-electron chi connectivity index (χ4n) is 1.26. The van der Waals surface area contributed by atoms with Crippen molar-refractivity contribution in [3.63, 3.8) is 0 Å². The molecule has 17 heavy (non-hydrogen) atoms. The Morgan fingerprint density at radius 1 is 1.35 bits per heavy atom. The third kappa shape index (κ3) is 5.24. The lowest BCUT2D eigenvalue weighted by atomic mass is 10.0. The smallest absolute Gasteiger partial charge is 0.303 e. The van der Waals surface area contributed by atoms with Gasteiger partial charge >= 0.3 is 5.97 Å². The maximum absolute atomic E-state index is 10.9. The number of benzene rings is 1. The van der Waals surface area contributed by atoms with E-state index in [4.69, 9.17) is 15.6 Å². The number of carbonyl (C=O) groups is 2. The van der Waals surface area contributed by atoms with E-state index in [0.29, 0.717) is 11.8 Å². The van der Waals surface area contributed by atoms with Gasteiger partial charge in [-0.3, -0.25) is 4.79 Å². The first kappa shape index (κ1) is 15.3. The lowest BCUT2D eigenvalue weighted by molar-refractivity contribution is -0.148. The molecule has 0 spiro atoms. The van der Waals surface area contributed by atoms with Gasteiger partial charge in [-0.25, -0.2) is 0 Å². The quantitative estimate of drug-likeness (QED) is 0.587. The van der Waals surface area contributed by atoms with Gasteiger partial charge in [-0.05, 0) is 5.56 Å². The van der Waals surface area contributed by atoms with Crippen LogP contribution in [0, 0.1) is 0 Å². The summed E-state index contributed by atoms with van der Waals surface area (Å²) in [7, 11) is 1.00. The lowest BCUT2D eigenvalue weighted by Crippen LogP contribution is -2.32. The molecule has 0 heterocycles. The van der Waals surface area contributed by atoms with Gasteiger partial charge in [0.25, 0.3) is 0 Å². The number of esters is 1. The van der Waals surface area contributed by atoms with Crippen molar-refractivity contribution in [1.82, 2.24) is 0 Å². The van der Waals surface area contributed by atoms with E-state index >= 15 is 0 Å². The Morgan fingerprint density at radius 3 is 2.29 bits per heavy atom. The normalized spacial score (nSPS) is 12.7. The molecule has 0 saturated heterocycles. The van der Waals surface area contributed by atoms with Crippen LogP contribution in [0.25, 0.3) is 0 Å². The van der Waals surface area contributed by atoms with E-state index in [2.05, 4.69) is 0 Å². The third-order valence-corrected chi connectivity index (χ3v) is 1.93. The van der Waals surface area contributed by atoms with Crippen LogP contribution >= 0.6 is 0 Å². The molecule has 2 atom stereocenters. The Balaban J connectivity index is 0.00000121. The minimum Gasteiger partial charge on any atom is -0.456 e. The number of hydrogen-bond donors (Lipinski definition) is 2. The minimum atomic E-state index is -0.837. The minimum absolute atomic E-state index is 0.457. The Bertz CT molecular complexity index is 340. The van der Waals surface area contributed by atoms with E-state index in [-0.39, 0.29) is 0 Å². The molecule has 2 unspecified atom stereocenters. The number of hydrogen-bond acceptors (Lipinski definition) is 5. The highest BCUT2D eigenvalue weighted by Crippen LogP contribution is 2.19. The van der Waals surface area contributed by atoms with Crippen LogP contribution in [0.4, 0.5) is 0 Å². The predicted molar refractivity (Wildman–Crippen MR) is 63.1 cm³/mol. The molecule has 94 valence electrons. The second kappa shape index (κ2) is 8.43. The van der Waals surface area contributed by atoms with Crippen LogP contribution in [0.3, 0.4) is 0 Å². The molecular weight excluding hydrogens is 222 g/mol. The molecule has 0 bridgehead atoms. The van der Waals surface area contributed by atoms with Gasteiger partial charge in [-0.15, -0.1) is 0 Å². The first-order chi connectivity index (χ1) is 8.15. The summed E-state index contributed by atoms with van der Waals surface area (Å²) < 4.78 is 4.99. The Hall–Kier alpha value is -1.72. The van der Waals surface area contributed by atoms with Gasteiger partial charge in [-0.1, -0.05) is 30.3 Å². The van der Waals surface area contributed by atoms with Crippen molar-refractivity contribution < 1.29 is 19.4 Å². The van der Waals surface area contributed by atoms with Crippen molar-refractivity contribution in [3.05, 3.63) is 35.9 Å². The van der Waals surface area contributed by atoms with E-state index in [1.807, 2.05) is 6.07 Å². The summed E-state index contributed by atoms with van der Waals surface area (Å²) in [5.74, 6) is -0.457. The summed E-state index contributed by atoms with van der Waals surface area (Å²) in [6.45, 7) is 1.29. The molecule has 0 aliphatic rings. The zero-order chi connectivity index (χ0) is 13.3. The van der Waals surface area contributed by atoms with Gasteiger partial charge in [-0.2, -0.15) is 0 Å². The lowest BCUT2D eigenvalue weighted by Gasteiger charge is -2.19. The topological polar surface area (TPSA) is 89.6 Å². The van der Waals surface area contributed by atoms with Crippen molar-refractivity contribution in [2.75, 3.05) is 7.11 Å². The summed E-state index contributed by atoms with van der Waals surface area (Å²) in [6, 6.07) is 8.11. The average Bonchev–Trinajstić information content (AvgIpc) is 2.38. The maximum Gasteiger partial charge on any atom is 0.303 e. The first-order valence-corrected chi connectivity index (χ1v) is 5.03. The molecule has 1 aromatic rings. The van der Waals surface area contributed by atoms with Gasteiger partial charge in [0.1, 0.15) is 18.4 Å². The monoisotopic (exact) mass is 239 g/mol. The van der Waals surface area contributed by atoms with E-state index in [9.17, 15) is 9.59 Å². The van der Waals surface area contributed by atoms with Crippen LogP contribution in [0.5, 0.6) is 0 Å². The molecule has 0 fully saturated rings. The molecule has 1 rings (SSSR count). The van der Waals surface area contributed by atoms with E-state index < -0.39 is 18.1 Å². The summed E-state index contributed by atoms with van der Waals surface area (Å²) >= 11 is 0. The van der Waals surface area contributed by atoms with Gasteiger partial charge < -0.3 is 20.4 Å². The van der Waals surface area contributed by atoms with Crippen molar-refractivity contribution in [2.45, 2.75) is 19.1 Å². The Labute approximate surface area is 100 Å². The Kier molecular flexibility index (Phi) is 7.58. The summed E-state index contributed by atoms with van der Waals surface area (Å²) in [5, 5.41) is 7.00. The van der Waals surface area contributed by atoms with Crippen molar-refractivity contribution in [1.29, 1.82) is 0 Å². The maximum atomic E-state index is 10.9. The number of ether oxygens (including phenoxy) is 1. The van der Waals surface area contributed by atoms with Gasteiger partial charge in [0.2, 0.25) is 0 Å². The first-order valence-electron chi connectivity index (χ1n) is 5.03. The van der Waals surface area contributed by atoms with E-state index in [1.54, 1.807) is 24.3 Å². The number of carbonyl (C=O) groups excluding carboxylic acids is 2. The molecule has 1 aromatic carbocycles. The van der Waals surface area contributed by atoms with Gasteiger partial charge in [0.15, 0.2) is 0 Å². The summed E-state index contributed by atoms with van der Waals surface area (Å²) in [4.78, 5) is 21.4. The van der Waals surface area contributed by atoms with Crippen molar-refractivity contribution in [3.8, 4) is 0 Å². The van der Waals surface area contributed by atoms with Gasteiger partial charge in [0.05, 0.1) is 0 Å². The van der Waals surface area contributed by atoms with Crippen LogP contribution in [-0.4, -0.2) is 30.5 Å². The Morgan fingerprint density at radius 2 is 1.88 bits per heavy atom. The number of rotatable bonds is 4. The summed E-state index contributed by atoms with van der Waals surface area (Å²) in [5.41, 5.74) is 6.27. The zero-order valence-corrected chi connectivity index (χ0v) is 9.87. The third-order valence-electron chi connectivity index (χ3n) is 1.93. The zero-order valence-electron chi connectivity index (χ0n) is 9.87. The van der Waals surface area contributed by atoms with Crippen LogP contribution in [0.15, 0.2) is 30.3 Å². The van der Waals surface area contributed by atoms with Crippen molar-refractivity contribution in [2.24, 2.45) is 5.73 Å². The second-order valence-electron chi connectivity index (χ2n) is 3.15. The SMILES string of the molecule is CC(=O)OC(c1ccccc1)C(N)C=O.CO. The molecule has 0 aromatic heterocycles. The molecule has 0 aliphatic heterocycles. The second-order valence-corrected chi connectivity index (χ2v) is 3.15. The molecule has 3 N–H and O–H groups in total. The fourth-order valence-corrected chi connectivity index (χ4v) is 1.26. The number of aliphatic hydroxyl groups excluding tert-OH is 1. The molecular formula is C12H17NO4. The molecule has 0 radical (unpaired) electrons. The highest BCUT2D eigenvalue weighted by atomic mass is 16.5. The molecule has 5 nitrogen and oxygen atoms in total. The van der Waals surface area contributed by atoms with E-state index in [1.165, 1.54) is 6.92 Å². The van der Waals surface area contributed by atoms with E-state index in [0.717, 1.165) is 7.11 Å². The van der Waals surface area contributed by atoms with Crippen LogP contribution < -0.4 is 5.73 Å². The van der Waals surface area contributed by atoms with Gasteiger partial charge in [0, 0.05) is 14.0 Å². The number of aldehydes is 1. The highest BCUT2D eigenvalue weighted by Gasteiger charge is 2.21. The largest absolute Gasteiger partial charge is 0.456 e. The van der Waals surface area contributed by atoms with Crippen LogP contribution in [0.2, 0.25) is 0 Å². The molecule has 5 heteroatoms. The summed E-state index contributed by atoms with van der Waals surface area (Å²) in [6.07, 6.45) is -0.137. The fraction of sp³-hybridized carbons (Fsp3) is 0.333. The number of aliphatic hydroxyl groups is 1. The van der Waals surface area contributed by atoms with Crippen LogP contribution in [-0.2, 0) is 14.3 Å². The van der Waals surface area contributed by atoms with Crippen molar-refractivity contribution >= 4 is 12.3 Å². The molecule has 0 saturated carbocycles. The predicted octanol–water partition coefficient (Wildman–Crippen LogP) is 0.426. The van der Waals surface area contributed by atoms with Crippen LogP contribution in [0.1, 0.15) is 18.6 Å². The highest BCUT2D eigenvalue weighted by molar-refractivity contribution is 5.68. The molecule has 0 aliphatic carbocycles. The molecule has 0 amide bonds. The average molecular weight is 239 g/mol. The number of nitrogens with two attached hydrogens (primary N) is 1. The standard InChI is InChI=1S/C11H13NO3.CH4O/c1-8(14)15-11(10(12)7-13)9-5-3-2-4-6-9;1-2/h2-7,10-11H,12H2,1H3;2H,1H3.